The van der Waals surface area contributed by atoms with Gasteiger partial charge in [-0.25, -0.2) is 4.98 Å². The van der Waals surface area contributed by atoms with Gasteiger partial charge >= 0.3 is 0 Å². The highest BCUT2D eigenvalue weighted by Crippen LogP contribution is 2.22. The lowest BCUT2D eigenvalue weighted by Gasteiger charge is -2.12. The van der Waals surface area contributed by atoms with Crippen LogP contribution in [0.25, 0.3) is 0 Å². The first kappa shape index (κ1) is 14.0. The van der Waals surface area contributed by atoms with E-state index in [0.717, 1.165) is 23.9 Å². The molecule has 0 amide bonds. The van der Waals surface area contributed by atoms with E-state index in [1.54, 1.807) is 0 Å². The monoisotopic (exact) mass is 275 g/mol. The van der Waals surface area contributed by atoms with Crippen molar-refractivity contribution in [3.05, 3.63) is 41.2 Å². The molecule has 0 atom stereocenters. The second-order valence-electron chi connectivity index (χ2n) is 5.78. The molecule has 2 rings (SSSR count). The molecule has 0 aliphatic rings. The number of benzene rings is 1. The lowest BCUT2D eigenvalue weighted by atomic mass is 9.96. The smallest absolute Gasteiger partial charge is 0.202 e. The number of hydrogen-bond acceptors (Lipinski definition) is 4. The van der Waals surface area contributed by atoms with Gasteiger partial charge in [-0.05, 0) is 24.5 Å². The molecular weight excluding hydrogens is 254 g/mol. The van der Waals surface area contributed by atoms with Crippen molar-refractivity contribution < 1.29 is 0 Å². The molecule has 0 unspecified atom stereocenters. The van der Waals surface area contributed by atoms with E-state index in [1.165, 1.54) is 22.7 Å². The van der Waals surface area contributed by atoms with Crippen LogP contribution in [0.1, 0.15) is 37.7 Å². The second kappa shape index (κ2) is 5.70. The summed E-state index contributed by atoms with van der Waals surface area (Å²) in [7, 11) is 0. The Morgan fingerprint density at radius 1 is 1.21 bits per heavy atom. The molecule has 0 radical (unpaired) electrons. The van der Waals surface area contributed by atoms with Crippen LogP contribution in [0, 0.1) is 6.92 Å². The van der Waals surface area contributed by atoms with Crippen LogP contribution < -0.4 is 5.32 Å². The van der Waals surface area contributed by atoms with Crippen molar-refractivity contribution in [3.8, 4) is 0 Å². The zero-order chi connectivity index (χ0) is 13.9. The molecule has 3 nitrogen and oxygen atoms in total. The van der Waals surface area contributed by atoms with Crippen LogP contribution in [0.5, 0.6) is 0 Å². The third kappa shape index (κ3) is 3.77. The normalized spacial score (nSPS) is 11.6. The maximum absolute atomic E-state index is 4.53. The predicted octanol–water partition coefficient (Wildman–Crippen LogP) is 3.80. The van der Waals surface area contributed by atoms with Crippen LogP contribution in [0.3, 0.4) is 0 Å². The number of nitrogens with zero attached hydrogens (tertiary/aromatic N) is 2. The van der Waals surface area contributed by atoms with Crippen molar-refractivity contribution in [2.75, 3.05) is 11.9 Å². The molecule has 0 aliphatic carbocycles. The number of anilines is 1. The molecule has 0 fully saturated rings. The topological polar surface area (TPSA) is 37.8 Å². The van der Waals surface area contributed by atoms with Crippen molar-refractivity contribution in [1.82, 2.24) is 9.36 Å². The molecule has 1 aromatic heterocycles. The summed E-state index contributed by atoms with van der Waals surface area (Å²) in [4.78, 5) is 4.53. The summed E-state index contributed by atoms with van der Waals surface area (Å²) in [6, 6.07) is 8.49. The number of aryl methyl sites for hydroxylation is 1. The minimum Gasteiger partial charge on any atom is -0.360 e. The quantitative estimate of drug-likeness (QED) is 0.922. The molecule has 0 aliphatic heterocycles. The average molecular weight is 275 g/mol. The van der Waals surface area contributed by atoms with Gasteiger partial charge in [-0.1, -0.05) is 45.0 Å². The summed E-state index contributed by atoms with van der Waals surface area (Å²) in [6.45, 7) is 9.44. The van der Waals surface area contributed by atoms with E-state index in [-0.39, 0.29) is 5.41 Å². The van der Waals surface area contributed by atoms with Gasteiger partial charge in [0.05, 0.1) is 0 Å². The first-order valence-electron chi connectivity index (χ1n) is 6.59. The van der Waals surface area contributed by atoms with E-state index in [4.69, 9.17) is 0 Å². The zero-order valence-corrected chi connectivity index (χ0v) is 12.8. The maximum atomic E-state index is 4.53. The van der Waals surface area contributed by atoms with Crippen molar-refractivity contribution in [3.63, 3.8) is 0 Å². The molecular formula is C15H21N3S. The Morgan fingerprint density at radius 2 is 1.95 bits per heavy atom. The van der Waals surface area contributed by atoms with E-state index < -0.39 is 0 Å². The SMILES string of the molecule is Cc1ccccc1CCNc1nc(C(C)(C)C)ns1. The third-order valence-electron chi connectivity index (χ3n) is 3.03. The molecule has 2 aromatic rings. The van der Waals surface area contributed by atoms with Crippen molar-refractivity contribution >= 4 is 16.7 Å². The Balaban J connectivity index is 1.90. The van der Waals surface area contributed by atoms with Gasteiger partial charge in [0, 0.05) is 23.5 Å². The van der Waals surface area contributed by atoms with E-state index >= 15 is 0 Å². The van der Waals surface area contributed by atoms with Crippen LogP contribution in [-0.2, 0) is 11.8 Å². The zero-order valence-electron chi connectivity index (χ0n) is 12.0. The van der Waals surface area contributed by atoms with Crippen LogP contribution >= 0.6 is 11.5 Å². The van der Waals surface area contributed by atoms with Gasteiger partial charge in [-0.15, -0.1) is 0 Å². The van der Waals surface area contributed by atoms with Gasteiger partial charge in [0.2, 0.25) is 5.13 Å². The number of nitrogens with one attached hydrogen (secondary N) is 1. The molecule has 1 heterocycles. The molecule has 19 heavy (non-hydrogen) atoms. The molecule has 0 spiro atoms. The Morgan fingerprint density at radius 3 is 2.58 bits per heavy atom. The van der Waals surface area contributed by atoms with Crippen LogP contribution in [0.4, 0.5) is 5.13 Å². The van der Waals surface area contributed by atoms with Crippen molar-refractivity contribution in [2.24, 2.45) is 0 Å². The molecule has 0 saturated carbocycles. The molecule has 0 saturated heterocycles. The first-order valence-corrected chi connectivity index (χ1v) is 7.37. The Kier molecular flexibility index (Phi) is 4.20. The maximum Gasteiger partial charge on any atom is 0.202 e. The van der Waals surface area contributed by atoms with Gasteiger partial charge in [-0.3, -0.25) is 0 Å². The largest absolute Gasteiger partial charge is 0.360 e. The fourth-order valence-electron chi connectivity index (χ4n) is 1.79. The van der Waals surface area contributed by atoms with E-state index in [2.05, 4.69) is 66.6 Å². The van der Waals surface area contributed by atoms with Gasteiger partial charge in [0.15, 0.2) is 0 Å². The van der Waals surface area contributed by atoms with E-state index in [9.17, 15) is 0 Å². The van der Waals surface area contributed by atoms with Crippen molar-refractivity contribution in [1.29, 1.82) is 0 Å². The Hall–Kier alpha value is -1.42. The summed E-state index contributed by atoms with van der Waals surface area (Å²) in [6.07, 6.45) is 1.01. The number of rotatable bonds is 4. The Bertz CT molecular complexity index is 540. The standard InChI is InChI=1S/C15H21N3S/c1-11-7-5-6-8-12(11)9-10-16-14-17-13(18-19-14)15(2,3)4/h5-8H,9-10H2,1-4H3,(H,16,17,18). The molecule has 1 aromatic carbocycles. The van der Waals surface area contributed by atoms with Gasteiger partial charge in [-0.2, -0.15) is 4.37 Å². The van der Waals surface area contributed by atoms with Gasteiger partial charge in [0.25, 0.3) is 0 Å². The Labute approximate surface area is 119 Å². The van der Waals surface area contributed by atoms with E-state index in [0.29, 0.717) is 0 Å². The number of hydrogen-bond donors (Lipinski definition) is 1. The van der Waals surface area contributed by atoms with Crippen LogP contribution in [0.15, 0.2) is 24.3 Å². The minimum atomic E-state index is 0.0203. The fourth-order valence-corrected chi connectivity index (χ4v) is 2.58. The van der Waals surface area contributed by atoms with Crippen LogP contribution in [-0.4, -0.2) is 15.9 Å². The fraction of sp³-hybridized carbons (Fsp3) is 0.467. The summed E-state index contributed by atoms with van der Waals surface area (Å²) < 4.78 is 4.40. The molecule has 0 bridgehead atoms. The van der Waals surface area contributed by atoms with Gasteiger partial charge in [0.1, 0.15) is 5.82 Å². The van der Waals surface area contributed by atoms with Crippen molar-refractivity contribution in [2.45, 2.75) is 39.5 Å². The summed E-state index contributed by atoms with van der Waals surface area (Å²) in [5.41, 5.74) is 2.75. The van der Waals surface area contributed by atoms with Gasteiger partial charge < -0.3 is 5.32 Å². The van der Waals surface area contributed by atoms with E-state index in [1.807, 2.05) is 0 Å². The highest BCUT2D eigenvalue weighted by molar-refractivity contribution is 7.09. The molecule has 1 N–H and O–H groups in total. The third-order valence-corrected chi connectivity index (χ3v) is 3.70. The highest BCUT2D eigenvalue weighted by atomic mass is 32.1. The lowest BCUT2D eigenvalue weighted by Crippen LogP contribution is -2.13. The lowest BCUT2D eigenvalue weighted by molar-refractivity contribution is 0.555. The molecule has 4 heteroatoms. The summed E-state index contributed by atoms with van der Waals surface area (Å²) in [5.74, 6) is 0.913. The van der Waals surface area contributed by atoms with Crippen LogP contribution in [0.2, 0.25) is 0 Å². The second-order valence-corrected chi connectivity index (χ2v) is 6.53. The minimum absolute atomic E-state index is 0.0203. The summed E-state index contributed by atoms with van der Waals surface area (Å²) >= 11 is 1.44. The highest BCUT2D eigenvalue weighted by Gasteiger charge is 2.19. The first-order chi connectivity index (χ1) is 8.97. The average Bonchev–Trinajstić information content (AvgIpc) is 2.80. The molecule has 102 valence electrons. The summed E-state index contributed by atoms with van der Waals surface area (Å²) in [5, 5.41) is 4.27. The predicted molar refractivity (Wildman–Crippen MR) is 82.0 cm³/mol. The number of aromatic nitrogens is 2.